The summed E-state index contributed by atoms with van der Waals surface area (Å²) in [5, 5.41) is 0. The Labute approximate surface area is 445 Å². The molecule has 0 aromatic carbocycles. The fourth-order valence-corrected chi connectivity index (χ4v) is 8.31. The Kier molecular flexibility index (Phi) is 56.8. The molecule has 1 unspecified atom stereocenters. The van der Waals surface area contributed by atoms with Gasteiger partial charge in [0, 0.05) is 19.3 Å². The lowest BCUT2D eigenvalue weighted by atomic mass is 10.1. The van der Waals surface area contributed by atoms with Crippen LogP contribution in [0.25, 0.3) is 0 Å². The van der Waals surface area contributed by atoms with Crippen LogP contribution < -0.4 is 0 Å². The molecular weight excluding hydrogens is 889 g/mol. The summed E-state index contributed by atoms with van der Waals surface area (Å²) in [7, 11) is 0. The van der Waals surface area contributed by atoms with Crippen LogP contribution in [0.5, 0.6) is 0 Å². The molecule has 0 aliphatic rings. The molecule has 0 aromatic heterocycles. The van der Waals surface area contributed by atoms with E-state index in [0.29, 0.717) is 19.3 Å². The van der Waals surface area contributed by atoms with Crippen LogP contribution in [0.4, 0.5) is 0 Å². The normalized spacial score (nSPS) is 12.8. The second kappa shape index (κ2) is 59.9. The lowest BCUT2D eigenvalue weighted by Crippen LogP contribution is -2.30. The summed E-state index contributed by atoms with van der Waals surface area (Å²) in [6.45, 7) is 6.48. The highest BCUT2D eigenvalue weighted by atomic mass is 16.6. The van der Waals surface area contributed by atoms with Crippen LogP contribution in [-0.2, 0) is 28.6 Å². The third-order valence-electron chi connectivity index (χ3n) is 12.9. The van der Waals surface area contributed by atoms with E-state index in [1.807, 2.05) is 0 Å². The highest BCUT2D eigenvalue weighted by Gasteiger charge is 2.19. The molecule has 6 nitrogen and oxygen atoms in total. The van der Waals surface area contributed by atoms with Gasteiger partial charge in [0.05, 0.1) is 0 Å². The minimum absolute atomic E-state index is 0.0916. The zero-order valence-electron chi connectivity index (χ0n) is 47.2. The fraction of sp³-hybridized carbons (Fsp3) is 0.712. The molecule has 1 atom stereocenters. The zero-order chi connectivity index (χ0) is 52.2. The van der Waals surface area contributed by atoms with E-state index < -0.39 is 6.10 Å². The molecule has 72 heavy (non-hydrogen) atoms. The van der Waals surface area contributed by atoms with Crippen LogP contribution >= 0.6 is 0 Å². The number of carbonyl (C=O) groups is 3. The fourth-order valence-electron chi connectivity index (χ4n) is 8.31. The molecule has 6 heteroatoms. The van der Waals surface area contributed by atoms with Gasteiger partial charge in [-0.2, -0.15) is 0 Å². The van der Waals surface area contributed by atoms with Gasteiger partial charge in [0.25, 0.3) is 0 Å². The van der Waals surface area contributed by atoms with Gasteiger partial charge in [-0.15, -0.1) is 0 Å². The molecule has 412 valence electrons. The van der Waals surface area contributed by atoms with Crippen LogP contribution in [0.15, 0.2) is 97.2 Å². The van der Waals surface area contributed by atoms with E-state index >= 15 is 0 Å². The number of hydrogen-bond acceptors (Lipinski definition) is 6. The van der Waals surface area contributed by atoms with E-state index in [9.17, 15) is 14.4 Å². The first-order valence-electron chi connectivity index (χ1n) is 30.3. The highest BCUT2D eigenvalue weighted by molar-refractivity contribution is 5.71. The van der Waals surface area contributed by atoms with Gasteiger partial charge in [-0.05, 0) is 109 Å². The maximum absolute atomic E-state index is 12.9. The van der Waals surface area contributed by atoms with Crippen molar-refractivity contribution in [2.75, 3.05) is 13.2 Å². The van der Waals surface area contributed by atoms with E-state index in [2.05, 4.69) is 118 Å². The Hall–Kier alpha value is -3.67. The smallest absolute Gasteiger partial charge is 0.306 e. The number of esters is 3. The van der Waals surface area contributed by atoms with Gasteiger partial charge >= 0.3 is 17.9 Å². The van der Waals surface area contributed by atoms with Gasteiger partial charge in [0.15, 0.2) is 6.10 Å². The second-order valence-corrected chi connectivity index (χ2v) is 19.9. The van der Waals surface area contributed by atoms with Crippen LogP contribution in [0, 0.1) is 0 Å². The Balaban J connectivity index is 4.45. The maximum Gasteiger partial charge on any atom is 0.306 e. The van der Waals surface area contributed by atoms with Gasteiger partial charge in [-0.3, -0.25) is 14.4 Å². The van der Waals surface area contributed by atoms with Crippen molar-refractivity contribution in [2.24, 2.45) is 0 Å². The van der Waals surface area contributed by atoms with E-state index in [4.69, 9.17) is 14.2 Å². The minimum Gasteiger partial charge on any atom is -0.462 e. The van der Waals surface area contributed by atoms with Crippen molar-refractivity contribution in [1.82, 2.24) is 0 Å². The highest BCUT2D eigenvalue weighted by Crippen LogP contribution is 2.15. The monoisotopic (exact) mass is 1000 g/mol. The molecule has 0 heterocycles. The third-order valence-corrected chi connectivity index (χ3v) is 12.9. The standard InChI is InChI=1S/C66H112O6/c1-4-7-10-13-16-19-22-25-28-31-33-36-38-41-44-47-50-53-56-59-65(68)71-62-63(61-70-64(67)58-55-52-49-46-43-40-37-34-30-27-24-21-18-15-12-9-6-3)72-66(69)60-57-54-51-48-45-42-39-35-32-29-26-23-20-17-14-11-8-5-2/h7,10,16,18-19,21,23,25-30,32,35,39,63H,4-6,8-9,11-15,17,20,22,24,31,33-34,36-38,40-62H2,1-3H3/b10-7-,19-16-,21-18-,26-23-,28-25-,30-27-,32-29-,39-35-. The topological polar surface area (TPSA) is 78.9 Å². The molecule has 0 aliphatic carbocycles. The van der Waals surface area contributed by atoms with Crippen LogP contribution in [0.3, 0.4) is 0 Å². The van der Waals surface area contributed by atoms with Crippen molar-refractivity contribution in [3.05, 3.63) is 97.2 Å². The summed E-state index contributed by atoms with van der Waals surface area (Å²) in [5.74, 6) is -0.918. The summed E-state index contributed by atoms with van der Waals surface area (Å²) in [4.78, 5) is 38.3. The summed E-state index contributed by atoms with van der Waals surface area (Å²) in [6.07, 6.45) is 79.6. The molecule has 0 bridgehead atoms. The first-order valence-corrected chi connectivity index (χ1v) is 30.3. The van der Waals surface area contributed by atoms with Gasteiger partial charge in [0.2, 0.25) is 0 Å². The number of carbonyl (C=O) groups excluding carboxylic acids is 3. The summed E-state index contributed by atoms with van der Waals surface area (Å²) in [5.41, 5.74) is 0. The molecule has 0 amide bonds. The van der Waals surface area contributed by atoms with Gasteiger partial charge in [-0.1, -0.05) is 253 Å². The van der Waals surface area contributed by atoms with Crippen molar-refractivity contribution in [3.8, 4) is 0 Å². The number of hydrogen-bond donors (Lipinski definition) is 0. The Bertz CT molecular complexity index is 1430. The van der Waals surface area contributed by atoms with Crippen molar-refractivity contribution >= 4 is 17.9 Å². The average molecular weight is 1000 g/mol. The largest absolute Gasteiger partial charge is 0.462 e. The average Bonchev–Trinajstić information content (AvgIpc) is 3.38. The van der Waals surface area contributed by atoms with Crippen molar-refractivity contribution < 1.29 is 28.6 Å². The van der Waals surface area contributed by atoms with E-state index in [-0.39, 0.29) is 31.1 Å². The molecule has 0 aliphatic heterocycles. The molecule has 0 aromatic rings. The summed E-state index contributed by atoms with van der Waals surface area (Å²) >= 11 is 0. The van der Waals surface area contributed by atoms with Gasteiger partial charge in [-0.25, -0.2) is 0 Å². The number of ether oxygens (including phenoxy) is 3. The van der Waals surface area contributed by atoms with Crippen LogP contribution in [0.1, 0.15) is 284 Å². The quantitative estimate of drug-likeness (QED) is 0.0199. The molecule has 0 spiro atoms. The SMILES string of the molecule is CC/C=C\C/C=C\C/C=C\CCCCCCCCCCCC(=O)OCC(COC(=O)CCCCCCCCC/C=C\C/C=C\CCCCC)OC(=O)CCCCCCC\C=C/C=C\C=C/CCCCCCC. The number of allylic oxidation sites excluding steroid dienone is 16. The third kappa shape index (κ3) is 57.2. The van der Waals surface area contributed by atoms with E-state index in [1.165, 1.54) is 128 Å². The minimum atomic E-state index is -0.796. The van der Waals surface area contributed by atoms with E-state index in [0.717, 1.165) is 116 Å². The summed E-state index contributed by atoms with van der Waals surface area (Å²) in [6, 6.07) is 0. The maximum atomic E-state index is 12.9. The second-order valence-electron chi connectivity index (χ2n) is 19.9. The molecular formula is C66H112O6. The predicted octanol–water partition coefficient (Wildman–Crippen LogP) is 20.5. The van der Waals surface area contributed by atoms with Gasteiger partial charge < -0.3 is 14.2 Å². The van der Waals surface area contributed by atoms with E-state index in [1.54, 1.807) is 0 Å². The first-order chi connectivity index (χ1) is 35.5. The Morgan fingerprint density at radius 2 is 0.597 bits per heavy atom. The lowest BCUT2D eigenvalue weighted by molar-refractivity contribution is -0.167. The Morgan fingerprint density at radius 1 is 0.306 bits per heavy atom. The molecule has 0 saturated heterocycles. The molecule has 0 radical (unpaired) electrons. The first kappa shape index (κ1) is 68.3. The Morgan fingerprint density at radius 3 is 0.986 bits per heavy atom. The summed E-state index contributed by atoms with van der Waals surface area (Å²) < 4.78 is 16.9. The number of rotatable bonds is 54. The van der Waals surface area contributed by atoms with Crippen molar-refractivity contribution in [3.63, 3.8) is 0 Å². The zero-order valence-corrected chi connectivity index (χ0v) is 47.2. The predicted molar refractivity (Wildman–Crippen MR) is 311 cm³/mol. The van der Waals surface area contributed by atoms with Crippen LogP contribution in [-0.4, -0.2) is 37.2 Å². The molecule has 0 saturated carbocycles. The lowest BCUT2D eigenvalue weighted by Gasteiger charge is -2.18. The molecule has 0 N–H and O–H groups in total. The van der Waals surface area contributed by atoms with Crippen molar-refractivity contribution in [2.45, 2.75) is 290 Å². The number of unbranched alkanes of at least 4 members (excludes halogenated alkanes) is 29. The van der Waals surface area contributed by atoms with Crippen LogP contribution in [0.2, 0.25) is 0 Å². The molecule has 0 fully saturated rings. The molecule has 0 rings (SSSR count). The van der Waals surface area contributed by atoms with Gasteiger partial charge in [0.1, 0.15) is 13.2 Å². The van der Waals surface area contributed by atoms with Crippen molar-refractivity contribution in [1.29, 1.82) is 0 Å².